The van der Waals surface area contributed by atoms with Crippen molar-refractivity contribution in [2.24, 2.45) is 0 Å². The number of anilines is 1. The maximum Gasteiger partial charge on any atom is 0.255 e. The van der Waals surface area contributed by atoms with Gasteiger partial charge in [0, 0.05) is 5.69 Å². The largest absolute Gasteiger partial charge is 0.325 e. The SMILES string of the molecule is CC1(C)C(=O)Nc2ccc(C(Br)C(F)F)cc21. The van der Waals surface area contributed by atoms with Crippen LogP contribution in [0, 0.1) is 0 Å². The number of halogens is 3. The van der Waals surface area contributed by atoms with Gasteiger partial charge in [-0.05, 0) is 31.0 Å². The Bertz CT molecular complexity index is 474. The molecule has 0 aromatic heterocycles. The highest BCUT2D eigenvalue weighted by atomic mass is 79.9. The summed E-state index contributed by atoms with van der Waals surface area (Å²) < 4.78 is 25.2. The lowest BCUT2D eigenvalue weighted by atomic mass is 9.85. The molecule has 1 aliphatic heterocycles. The van der Waals surface area contributed by atoms with E-state index in [1.165, 1.54) is 0 Å². The number of fused-ring (bicyclic) bond motifs is 1. The molecule has 1 aromatic carbocycles. The zero-order valence-electron chi connectivity index (χ0n) is 9.43. The van der Waals surface area contributed by atoms with Crippen molar-refractivity contribution < 1.29 is 13.6 Å². The molecule has 0 aliphatic carbocycles. The third-order valence-corrected chi connectivity index (χ3v) is 4.00. The molecule has 92 valence electrons. The molecule has 0 spiro atoms. The Kier molecular flexibility index (Phi) is 2.97. The topological polar surface area (TPSA) is 29.1 Å². The fourth-order valence-corrected chi connectivity index (χ4v) is 2.19. The van der Waals surface area contributed by atoms with Crippen LogP contribution in [0.25, 0.3) is 0 Å². The number of hydrogen-bond acceptors (Lipinski definition) is 1. The van der Waals surface area contributed by atoms with E-state index in [9.17, 15) is 13.6 Å². The highest BCUT2D eigenvalue weighted by molar-refractivity contribution is 9.09. The Morgan fingerprint density at radius 2 is 2.00 bits per heavy atom. The highest BCUT2D eigenvalue weighted by Crippen LogP contribution is 2.40. The fraction of sp³-hybridized carbons (Fsp3) is 0.417. The molecule has 1 heterocycles. The Morgan fingerprint density at radius 3 is 2.59 bits per heavy atom. The summed E-state index contributed by atoms with van der Waals surface area (Å²) in [5.74, 6) is -0.104. The number of benzene rings is 1. The molecular weight excluding hydrogens is 292 g/mol. The molecule has 0 bridgehead atoms. The molecule has 1 aliphatic rings. The fourth-order valence-electron chi connectivity index (χ4n) is 1.91. The number of hydrogen-bond donors (Lipinski definition) is 1. The molecule has 0 radical (unpaired) electrons. The van der Waals surface area contributed by atoms with Crippen LogP contribution in [0.5, 0.6) is 0 Å². The highest BCUT2D eigenvalue weighted by Gasteiger charge is 2.38. The number of carbonyl (C=O) groups excluding carboxylic acids is 1. The summed E-state index contributed by atoms with van der Waals surface area (Å²) in [4.78, 5) is 10.7. The van der Waals surface area contributed by atoms with Crippen molar-refractivity contribution >= 4 is 27.5 Å². The van der Waals surface area contributed by atoms with Gasteiger partial charge in [0.05, 0.1) is 5.41 Å². The van der Waals surface area contributed by atoms with E-state index in [2.05, 4.69) is 21.2 Å². The predicted molar refractivity (Wildman–Crippen MR) is 65.8 cm³/mol. The molecule has 2 rings (SSSR count). The molecule has 1 unspecified atom stereocenters. The normalized spacial score (nSPS) is 19.1. The Labute approximate surface area is 107 Å². The maximum absolute atomic E-state index is 12.6. The minimum Gasteiger partial charge on any atom is -0.325 e. The molecule has 1 atom stereocenters. The van der Waals surface area contributed by atoms with Crippen LogP contribution in [0.1, 0.15) is 29.8 Å². The number of alkyl halides is 3. The lowest BCUT2D eigenvalue weighted by Crippen LogP contribution is -2.26. The van der Waals surface area contributed by atoms with Crippen LogP contribution in [0.2, 0.25) is 0 Å². The average Bonchev–Trinajstić information content (AvgIpc) is 2.49. The first-order chi connectivity index (χ1) is 7.84. The molecule has 0 saturated carbocycles. The molecule has 17 heavy (non-hydrogen) atoms. The summed E-state index contributed by atoms with van der Waals surface area (Å²) in [6, 6.07) is 4.94. The van der Waals surface area contributed by atoms with Gasteiger partial charge in [-0.3, -0.25) is 4.79 Å². The molecule has 0 fully saturated rings. The Hall–Kier alpha value is -0.970. The van der Waals surface area contributed by atoms with Gasteiger partial charge in [-0.1, -0.05) is 28.1 Å². The number of amides is 1. The predicted octanol–water partition coefficient (Wildman–Crippen LogP) is 3.62. The summed E-state index contributed by atoms with van der Waals surface area (Å²) in [5.41, 5.74) is 1.30. The second-order valence-electron chi connectivity index (χ2n) is 4.62. The monoisotopic (exact) mass is 303 g/mol. The smallest absolute Gasteiger partial charge is 0.255 e. The first-order valence-corrected chi connectivity index (χ1v) is 6.13. The number of carbonyl (C=O) groups is 1. The van der Waals surface area contributed by atoms with E-state index in [1.807, 2.05) is 0 Å². The molecule has 1 amide bonds. The lowest BCUT2D eigenvalue weighted by Gasteiger charge is -2.17. The van der Waals surface area contributed by atoms with Gasteiger partial charge in [0.1, 0.15) is 4.83 Å². The van der Waals surface area contributed by atoms with Crippen LogP contribution in [-0.2, 0) is 10.2 Å². The van der Waals surface area contributed by atoms with Gasteiger partial charge in [0.2, 0.25) is 5.91 Å². The van der Waals surface area contributed by atoms with Crippen LogP contribution in [0.15, 0.2) is 18.2 Å². The minimum absolute atomic E-state index is 0.104. The van der Waals surface area contributed by atoms with Crippen molar-refractivity contribution in [2.75, 3.05) is 5.32 Å². The molecule has 2 nitrogen and oxygen atoms in total. The van der Waals surface area contributed by atoms with Gasteiger partial charge in [-0.2, -0.15) is 0 Å². The van der Waals surface area contributed by atoms with E-state index in [4.69, 9.17) is 0 Å². The third-order valence-electron chi connectivity index (χ3n) is 3.07. The van der Waals surface area contributed by atoms with Crippen molar-refractivity contribution in [1.29, 1.82) is 0 Å². The second-order valence-corrected chi connectivity index (χ2v) is 5.61. The van der Waals surface area contributed by atoms with Crippen LogP contribution < -0.4 is 5.32 Å². The first kappa shape index (κ1) is 12.5. The van der Waals surface area contributed by atoms with E-state index in [0.29, 0.717) is 11.3 Å². The Balaban J connectivity index is 2.46. The van der Waals surface area contributed by atoms with E-state index in [1.54, 1.807) is 32.0 Å². The van der Waals surface area contributed by atoms with E-state index in [-0.39, 0.29) is 5.91 Å². The number of nitrogens with one attached hydrogen (secondary N) is 1. The van der Waals surface area contributed by atoms with Crippen molar-refractivity contribution in [1.82, 2.24) is 0 Å². The molecule has 1 aromatic rings. The zero-order chi connectivity index (χ0) is 12.8. The maximum atomic E-state index is 12.6. The van der Waals surface area contributed by atoms with Crippen LogP contribution in [-0.4, -0.2) is 12.3 Å². The van der Waals surface area contributed by atoms with Crippen LogP contribution >= 0.6 is 15.9 Å². The van der Waals surface area contributed by atoms with Crippen molar-refractivity contribution in [2.45, 2.75) is 30.5 Å². The molecule has 1 N–H and O–H groups in total. The third kappa shape index (κ3) is 1.97. The standard InChI is InChI=1S/C12H12BrF2NO/c1-12(2)7-5-6(9(13)10(14)15)3-4-8(7)16-11(12)17/h3-5,9-10H,1-2H3,(H,16,17). The van der Waals surface area contributed by atoms with Gasteiger partial charge in [0.25, 0.3) is 6.43 Å². The van der Waals surface area contributed by atoms with Gasteiger partial charge in [0.15, 0.2) is 0 Å². The zero-order valence-corrected chi connectivity index (χ0v) is 11.0. The van der Waals surface area contributed by atoms with Gasteiger partial charge in [-0.25, -0.2) is 8.78 Å². The minimum atomic E-state index is -2.47. The van der Waals surface area contributed by atoms with Crippen molar-refractivity contribution in [3.8, 4) is 0 Å². The summed E-state index contributed by atoms with van der Waals surface area (Å²) in [5, 5.41) is 2.74. The molecular formula is C12H12BrF2NO. The quantitative estimate of drug-likeness (QED) is 0.831. The average molecular weight is 304 g/mol. The second kappa shape index (κ2) is 4.05. The molecule has 0 saturated heterocycles. The van der Waals surface area contributed by atoms with Crippen molar-refractivity contribution in [3.63, 3.8) is 0 Å². The van der Waals surface area contributed by atoms with E-state index in [0.717, 1.165) is 5.56 Å². The number of rotatable bonds is 2. The van der Waals surface area contributed by atoms with Crippen molar-refractivity contribution in [3.05, 3.63) is 29.3 Å². The summed E-state index contributed by atoms with van der Waals surface area (Å²) >= 11 is 2.96. The van der Waals surface area contributed by atoms with Crippen LogP contribution in [0.3, 0.4) is 0 Å². The van der Waals surface area contributed by atoms with E-state index >= 15 is 0 Å². The van der Waals surface area contributed by atoms with Gasteiger partial charge < -0.3 is 5.32 Å². The summed E-state index contributed by atoms with van der Waals surface area (Å²) in [6.45, 7) is 3.56. The van der Waals surface area contributed by atoms with E-state index < -0.39 is 16.7 Å². The van der Waals surface area contributed by atoms with Gasteiger partial charge >= 0.3 is 0 Å². The lowest BCUT2D eigenvalue weighted by molar-refractivity contribution is -0.119. The Morgan fingerprint density at radius 1 is 1.35 bits per heavy atom. The van der Waals surface area contributed by atoms with Gasteiger partial charge in [-0.15, -0.1) is 0 Å². The summed E-state index contributed by atoms with van der Waals surface area (Å²) in [6.07, 6.45) is -2.47. The first-order valence-electron chi connectivity index (χ1n) is 5.22. The molecule has 5 heteroatoms. The summed E-state index contributed by atoms with van der Waals surface area (Å²) in [7, 11) is 0. The van der Waals surface area contributed by atoms with Crippen LogP contribution in [0.4, 0.5) is 14.5 Å².